The highest BCUT2D eigenvalue weighted by Gasteiger charge is 2.29. The zero-order chi connectivity index (χ0) is 12.7. The molecule has 4 heteroatoms. The van der Waals surface area contributed by atoms with Gasteiger partial charge in [-0.15, -0.1) is 12.3 Å². The first kappa shape index (κ1) is 10.8. The number of aromatic amines is 1. The van der Waals surface area contributed by atoms with Crippen LogP contribution in [0.2, 0.25) is 0 Å². The number of hydrogen-bond acceptors (Lipinski definition) is 2. The summed E-state index contributed by atoms with van der Waals surface area (Å²) in [5, 5.41) is 8.23. The molecule has 1 aromatic heterocycles. The SMILES string of the molecule is C#CC1CC(=O)N(c2ccc3c(C)[nH]nc3c2)C1. The Balaban J connectivity index is 2.00. The highest BCUT2D eigenvalue weighted by atomic mass is 16.2. The summed E-state index contributed by atoms with van der Waals surface area (Å²) in [6.07, 6.45) is 5.82. The number of aromatic nitrogens is 2. The lowest BCUT2D eigenvalue weighted by Crippen LogP contribution is -2.24. The number of amides is 1. The second-order valence-corrected chi connectivity index (χ2v) is 4.62. The molecule has 1 unspecified atom stereocenters. The van der Waals surface area contributed by atoms with E-state index in [1.165, 1.54) is 0 Å². The molecule has 0 spiro atoms. The quantitative estimate of drug-likeness (QED) is 0.772. The van der Waals surface area contributed by atoms with Gasteiger partial charge in [0, 0.05) is 35.7 Å². The summed E-state index contributed by atoms with van der Waals surface area (Å²) in [5.41, 5.74) is 2.78. The van der Waals surface area contributed by atoms with Crippen LogP contribution in [-0.2, 0) is 4.79 Å². The lowest BCUT2D eigenvalue weighted by molar-refractivity contribution is -0.117. The van der Waals surface area contributed by atoms with Crippen LogP contribution in [0.5, 0.6) is 0 Å². The molecular formula is C14H13N3O. The van der Waals surface area contributed by atoms with Gasteiger partial charge in [-0.2, -0.15) is 5.10 Å². The van der Waals surface area contributed by atoms with Crippen LogP contribution in [-0.4, -0.2) is 22.6 Å². The van der Waals surface area contributed by atoms with Crippen molar-refractivity contribution in [2.45, 2.75) is 13.3 Å². The van der Waals surface area contributed by atoms with Gasteiger partial charge in [-0.3, -0.25) is 9.89 Å². The summed E-state index contributed by atoms with van der Waals surface area (Å²) in [6.45, 7) is 2.58. The number of nitrogens with one attached hydrogen (secondary N) is 1. The molecule has 1 aromatic carbocycles. The summed E-state index contributed by atoms with van der Waals surface area (Å²) in [6, 6.07) is 5.86. The van der Waals surface area contributed by atoms with Gasteiger partial charge in [-0.25, -0.2) is 0 Å². The van der Waals surface area contributed by atoms with E-state index in [-0.39, 0.29) is 11.8 Å². The standard InChI is InChI=1S/C14H13N3O/c1-3-10-6-14(18)17(8-10)11-4-5-12-9(2)15-16-13(12)7-11/h1,4-5,7,10H,6,8H2,2H3,(H,15,16). The zero-order valence-corrected chi connectivity index (χ0v) is 10.1. The second-order valence-electron chi connectivity index (χ2n) is 4.62. The Hall–Kier alpha value is -2.28. The third-order valence-corrected chi connectivity index (χ3v) is 3.40. The molecule has 1 saturated heterocycles. The van der Waals surface area contributed by atoms with E-state index in [9.17, 15) is 4.79 Å². The van der Waals surface area contributed by atoms with Crippen LogP contribution in [0.1, 0.15) is 12.1 Å². The number of H-pyrrole nitrogens is 1. The van der Waals surface area contributed by atoms with Gasteiger partial charge in [-0.05, 0) is 25.1 Å². The van der Waals surface area contributed by atoms with Crippen molar-refractivity contribution in [2.24, 2.45) is 5.92 Å². The molecule has 0 saturated carbocycles. The van der Waals surface area contributed by atoms with Crippen LogP contribution in [0.15, 0.2) is 18.2 Å². The molecule has 90 valence electrons. The van der Waals surface area contributed by atoms with Crippen molar-refractivity contribution < 1.29 is 4.79 Å². The number of hydrogen-bond donors (Lipinski definition) is 1. The van der Waals surface area contributed by atoms with E-state index >= 15 is 0 Å². The third-order valence-electron chi connectivity index (χ3n) is 3.40. The van der Waals surface area contributed by atoms with Gasteiger partial charge >= 0.3 is 0 Å². The van der Waals surface area contributed by atoms with Crippen molar-refractivity contribution in [3.8, 4) is 12.3 Å². The molecule has 0 aliphatic carbocycles. The van der Waals surface area contributed by atoms with Gasteiger partial charge in [0.2, 0.25) is 5.91 Å². The van der Waals surface area contributed by atoms with Crippen molar-refractivity contribution in [2.75, 3.05) is 11.4 Å². The maximum atomic E-state index is 11.9. The average molecular weight is 239 g/mol. The van der Waals surface area contributed by atoms with E-state index in [0.29, 0.717) is 13.0 Å². The molecule has 1 aliphatic rings. The molecule has 1 amide bonds. The van der Waals surface area contributed by atoms with Crippen molar-refractivity contribution in [1.82, 2.24) is 10.2 Å². The first-order valence-electron chi connectivity index (χ1n) is 5.90. The molecule has 2 heterocycles. The largest absolute Gasteiger partial charge is 0.311 e. The van der Waals surface area contributed by atoms with Crippen LogP contribution < -0.4 is 4.90 Å². The molecule has 18 heavy (non-hydrogen) atoms. The number of fused-ring (bicyclic) bond motifs is 1. The molecule has 1 fully saturated rings. The van der Waals surface area contributed by atoms with E-state index in [1.54, 1.807) is 4.90 Å². The van der Waals surface area contributed by atoms with Crippen molar-refractivity contribution >= 4 is 22.5 Å². The van der Waals surface area contributed by atoms with E-state index in [4.69, 9.17) is 6.42 Å². The number of rotatable bonds is 1. The predicted octanol–water partition coefficient (Wildman–Crippen LogP) is 1.86. The van der Waals surface area contributed by atoms with Gasteiger partial charge < -0.3 is 4.90 Å². The number of aryl methyl sites for hydroxylation is 1. The molecule has 4 nitrogen and oxygen atoms in total. The lowest BCUT2D eigenvalue weighted by atomic mass is 10.1. The molecule has 1 atom stereocenters. The minimum Gasteiger partial charge on any atom is -0.311 e. The average Bonchev–Trinajstić information content (AvgIpc) is 2.93. The first-order chi connectivity index (χ1) is 8.69. The van der Waals surface area contributed by atoms with Crippen LogP contribution in [0.4, 0.5) is 5.69 Å². The molecule has 0 radical (unpaired) electrons. The Morgan fingerprint density at radius 1 is 1.56 bits per heavy atom. The first-order valence-corrected chi connectivity index (χ1v) is 5.90. The Morgan fingerprint density at radius 3 is 3.11 bits per heavy atom. The van der Waals surface area contributed by atoms with Crippen LogP contribution in [0.3, 0.4) is 0 Å². The molecule has 3 rings (SSSR count). The topological polar surface area (TPSA) is 49.0 Å². The fourth-order valence-electron chi connectivity index (χ4n) is 2.37. The van der Waals surface area contributed by atoms with E-state index in [0.717, 1.165) is 22.3 Å². The second kappa shape index (κ2) is 3.88. The van der Waals surface area contributed by atoms with Crippen molar-refractivity contribution in [3.05, 3.63) is 23.9 Å². The fraction of sp³-hybridized carbons (Fsp3) is 0.286. The molecule has 0 bridgehead atoms. The highest BCUT2D eigenvalue weighted by Crippen LogP contribution is 2.27. The number of anilines is 1. The predicted molar refractivity (Wildman–Crippen MR) is 70.1 cm³/mol. The van der Waals surface area contributed by atoms with E-state index < -0.39 is 0 Å². The number of benzene rings is 1. The number of terminal acetylenes is 1. The van der Waals surface area contributed by atoms with Crippen LogP contribution in [0, 0.1) is 25.2 Å². The summed E-state index contributed by atoms with van der Waals surface area (Å²) < 4.78 is 0. The van der Waals surface area contributed by atoms with Crippen molar-refractivity contribution in [1.29, 1.82) is 0 Å². The van der Waals surface area contributed by atoms with Gasteiger partial charge in [0.05, 0.1) is 5.52 Å². The molecule has 2 aromatic rings. The maximum absolute atomic E-state index is 11.9. The molecular weight excluding hydrogens is 226 g/mol. The summed E-state index contributed by atoms with van der Waals surface area (Å²) in [4.78, 5) is 13.6. The van der Waals surface area contributed by atoms with Gasteiger partial charge in [0.15, 0.2) is 0 Å². The smallest absolute Gasteiger partial charge is 0.228 e. The van der Waals surface area contributed by atoms with Crippen molar-refractivity contribution in [3.63, 3.8) is 0 Å². The third kappa shape index (κ3) is 1.56. The summed E-state index contributed by atoms with van der Waals surface area (Å²) in [5.74, 6) is 2.76. The molecule has 1 N–H and O–H groups in total. The van der Waals surface area contributed by atoms with Gasteiger partial charge in [-0.1, -0.05) is 0 Å². The Morgan fingerprint density at radius 2 is 2.39 bits per heavy atom. The number of carbonyl (C=O) groups excluding carboxylic acids is 1. The maximum Gasteiger partial charge on any atom is 0.228 e. The minimum absolute atomic E-state index is 0.0223. The summed E-state index contributed by atoms with van der Waals surface area (Å²) >= 11 is 0. The highest BCUT2D eigenvalue weighted by molar-refractivity contribution is 5.98. The fourth-order valence-corrected chi connectivity index (χ4v) is 2.37. The van der Waals surface area contributed by atoms with Gasteiger partial charge in [0.1, 0.15) is 0 Å². The monoisotopic (exact) mass is 239 g/mol. The minimum atomic E-state index is 0.0223. The Bertz CT molecular complexity index is 665. The summed E-state index contributed by atoms with van der Waals surface area (Å²) in [7, 11) is 0. The van der Waals surface area contributed by atoms with E-state index in [1.807, 2.05) is 25.1 Å². The normalized spacial score (nSPS) is 19.4. The van der Waals surface area contributed by atoms with Crippen LogP contribution >= 0.6 is 0 Å². The Labute approximate surface area is 105 Å². The molecule has 1 aliphatic heterocycles. The Kier molecular flexibility index (Phi) is 2.34. The van der Waals surface area contributed by atoms with Gasteiger partial charge in [0.25, 0.3) is 0 Å². The zero-order valence-electron chi connectivity index (χ0n) is 10.1. The van der Waals surface area contributed by atoms with E-state index in [2.05, 4.69) is 16.1 Å². The van der Waals surface area contributed by atoms with Crippen LogP contribution in [0.25, 0.3) is 10.9 Å². The lowest BCUT2D eigenvalue weighted by Gasteiger charge is -2.15. The number of carbonyl (C=O) groups is 1. The number of nitrogens with zero attached hydrogens (tertiary/aromatic N) is 2.